The van der Waals surface area contributed by atoms with Gasteiger partial charge in [-0.25, -0.2) is 13.3 Å². The van der Waals surface area contributed by atoms with Gasteiger partial charge in [-0.15, -0.1) is 11.8 Å². The average molecular weight is 431 g/mol. The molecule has 0 fully saturated rings. The number of oxime groups is 1. The summed E-state index contributed by atoms with van der Waals surface area (Å²) in [5.74, 6) is 0. The molecule has 0 aromatic carbocycles. The molecule has 26 heavy (non-hydrogen) atoms. The fourth-order valence-electron chi connectivity index (χ4n) is 1.69. The minimum absolute atomic E-state index is 0.339. The minimum atomic E-state index is -3.98. The second-order valence-corrected chi connectivity index (χ2v) is 10.2. The van der Waals surface area contributed by atoms with Gasteiger partial charge in [0, 0.05) is 27.2 Å². The molecular formula is C14H30N4O5S3. The molecular weight excluding hydrogens is 400 g/mol. The molecule has 1 atom stereocenters. The van der Waals surface area contributed by atoms with Crippen LogP contribution in [0.1, 0.15) is 46.5 Å². The number of thioether (sulfide) groups is 1. The van der Waals surface area contributed by atoms with Gasteiger partial charge in [0.1, 0.15) is 5.04 Å². The largest absolute Gasteiger partial charge is 0.448 e. The Kier molecular flexibility index (Phi) is 12.3. The van der Waals surface area contributed by atoms with Crippen LogP contribution in [0.25, 0.3) is 0 Å². The monoisotopic (exact) mass is 430 g/mol. The van der Waals surface area contributed by atoms with Crippen LogP contribution in [-0.2, 0) is 26.2 Å². The number of hydrogen-bond donors (Lipinski definition) is 0. The van der Waals surface area contributed by atoms with Crippen molar-refractivity contribution in [2.45, 2.75) is 46.5 Å². The molecule has 0 saturated heterocycles. The van der Waals surface area contributed by atoms with Crippen LogP contribution in [0.4, 0.5) is 4.79 Å². The second kappa shape index (κ2) is 12.7. The third-order valence-corrected chi connectivity index (χ3v) is 7.77. The number of rotatable bonds is 11. The van der Waals surface area contributed by atoms with Gasteiger partial charge in [-0.3, -0.25) is 4.84 Å². The predicted octanol–water partition coefficient (Wildman–Crippen LogP) is 2.41. The van der Waals surface area contributed by atoms with E-state index in [2.05, 4.69) is 9.99 Å². The third kappa shape index (κ3) is 7.91. The zero-order valence-electron chi connectivity index (χ0n) is 16.3. The highest BCUT2D eigenvalue weighted by atomic mass is 32.3. The van der Waals surface area contributed by atoms with Crippen molar-refractivity contribution in [3.63, 3.8) is 0 Å². The first-order chi connectivity index (χ1) is 12.1. The van der Waals surface area contributed by atoms with E-state index < -0.39 is 27.5 Å². The first kappa shape index (κ1) is 25.3. The van der Waals surface area contributed by atoms with E-state index in [9.17, 15) is 17.4 Å². The van der Waals surface area contributed by atoms with Gasteiger partial charge in [0.15, 0.2) is 0 Å². The fourth-order valence-corrected chi connectivity index (χ4v) is 4.58. The van der Waals surface area contributed by atoms with Crippen LogP contribution in [0.15, 0.2) is 5.16 Å². The van der Waals surface area contributed by atoms with Crippen LogP contribution >= 0.6 is 11.8 Å². The summed E-state index contributed by atoms with van der Waals surface area (Å²) >= 11 is -0.989. The first-order valence-electron chi connectivity index (χ1n) is 8.32. The summed E-state index contributed by atoms with van der Waals surface area (Å²) < 4.78 is 40.7. The third-order valence-electron chi connectivity index (χ3n) is 3.43. The zero-order chi connectivity index (χ0) is 20.3. The Labute approximate surface area is 164 Å². The van der Waals surface area contributed by atoms with Crippen LogP contribution in [0.2, 0.25) is 0 Å². The van der Waals surface area contributed by atoms with Crippen molar-refractivity contribution in [1.29, 1.82) is 0 Å². The van der Waals surface area contributed by atoms with E-state index in [-0.39, 0.29) is 0 Å². The number of hydrogen-bond acceptors (Lipinski definition) is 7. The Bertz CT molecular complexity index is 589. The maximum Gasteiger partial charge on any atom is 0.448 e. The van der Waals surface area contributed by atoms with Crippen molar-refractivity contribution < 1.29 is 22.3 Å². The summed E-state index contributed by atoms with van der Waals surface area (Å²) in [5, 5.41) is 4.06. The molecule has 154 valence electrons. The molecule has 0 bridgehead atoms. The Balaban J connectivity index is 5.21. The molecule has 12 heteroatoms. The molecule has 1 amide bonds. The van der Waals surface area contributed by atoms with Gasteiger partial charge in [-0.1, -0.05) is 35.6 Å². The van der Waals surface area contributed by atoms with E-state index in [0.717, 1.165) is 12.8 Å². The van der Waals surface area contributed by atoms with E-state index in [1.807, 2.05) is 13.8 Å². The summed E-state index contributed by atoms with van der Waals surface area (Å²) in [4.78, 5) is 16.6. The maximum absolute atomic E-state index is 12.8. The molecule has 0 saturated carbocycles. The second-order valence-electron chi connectivity index (χ2n) is 5.42. The highest BCUT2D eigenvalue weighted by molar-refractivity contribution is 8.13. The van der Waals surface area contributed by atoms with Gasteiger partial charge in [0.2, 0.25) is 11.2 Å². The summed E-state index contributed by atoms with van der Waals surface area (Å²) in [6.07, 6.45) is 3.82. The van der Waals surface area contributed by atoms with Crippen molar-refractivity contribution in [3.8, 4) is 0 Å². The van der Waals surface area contributed by atoms with E-state index in [4.69, 9.17) is 0 Å². The molecule has 0 aromatic heterocycles. The molecule has 0 aliphatic heterocycles. The molecule has 1 unspecified atom stereocenters. The van der Waals surface area contributed by atoms with Crippen LogP contribution in [0.5, 0.6) is 0 Å². The highest BCUT2D eigenvalue weighted by Crippen LogP contribution is 2.14. The topological polar surface area (TPSA) is 99.6 Å². The Morgan fingerprint density at radius 1 is 1.15 bits per heavy atom. The standard InChI is InChI=1S/C14H30N4O5S3/c1-7-9-11-18(12-10-8-2)26(21,22)17(5)25(20)16(4)14(19)23-15-13(3)24-6/h7-12H2,1-6H3/b15-13-. The Morgan fingerprint density at radius 2 is 1.65 bits per heavy atom. The van der Waals surface area contributed by atoms with Crippen molar-refractivity contribution in [1.82, 2.24) is 12.3 Å². The molecule has 9 nitrogen and oxygen atoms in total. The average Bonchev–Trinajstić information content (AvgIpc) is 2.63. The molecule has 0 aliphatic carbocycles. The van der Waals surface area contributed by atoms with Gasteiger partial charge in [0.05, 0.1) is 0 Å². The molecule has 0 spiro atoms. The lowest BCUT2D eigenvalue weighted by Gasteiger charge is -2.28. The van der Waals surface area contributed by atoms with E-state index >= 15 is 0 Å². The molecule has 0 radical (unpaired) electrons. The maximum atomic E-state index is 12.8. The van der Waals surface area contributed by atoms with Gasteiger partial charge < -0.3 is 0 Å². The number of carbonyl (C=O) groups excluding carboxylic acids is 1. The lowest BCUT2D eigenvalue weighted by molar-refractivity contribution is 0.135. The summed E-state index contributed by atoms with van der Waals surface area (Å²) in [6.45, 7) is 6.25. The summed E-state index contributed by atoms with van der Waals surface area (Å²) in [7, 11) is -1.61. The van der Waals surface area contributed by atoms with Crippen LogP contribution in [-0.4, -0.2) is 69.5 Å². The number of amides is 1. The van der Waals surface area contributed by atoms with Crippen LogP contribution in [0.3, 0.4) is 0 Å². The van der Waals surface area contributed by atoms with Crippen LogP contribution in [0, 0.1) is 0 Å². The van der Waals surface area contributed by atoms with E-state index in [1.165, 1.54) is 30.2 Å². The summed E-state index contributed by atoms with van der Waals surface area (Å²) in [6, 6.07) is 0. The molecule has 0 N–H and O–H groups in total. The molecule has 0 aliphatic rings. The van der Waals surface area contributed by atoms with Crippen molar-refractivity contribution in [2.24, 2.45) is 5.16 Å². The van der Waals surface area contributed by atoms with Gasteiger partial charge in [-0.05, 0) is 26.0 Å². The van der Waals surface area contributed by atoms with Crippen LogP contribution < -0.4 is 0 Å². The SMILES string of the molecule is CCCCN(CCCC)S(=O)(=O)N(C)S(=O)N(C)C(=O)O/N=C(/C)SC. The highest BCUT2D eigenvalue weighted by Gasteiger charge is 2.34. The molecule has 0 aromatic rings. The minimum Gasteiger partial charge on any atom is -0.296 e. The number of unbranched alkanes of at least 4 members (excludes halogenated alkanes) is 2. The van der Waals surface area contributed by atoms with Gasteiger partial charge >= 0.3 is 6.09 Å². The fraction of sp³-hybridized carbons (Fsp3) is 0.857. The lowest BCUT2D eigenvalue weighted by Crippen LogP contribution is -2.47. The van der Waals surface area contributed by atoms with Gasteiger partial charge in [0.25, 0.3) is 10.2 Å². The number of nitrogens with zero attached hydrogens (tertiary/aromatic N) is 4. The predicted molar refractivity (Wildman–Crippen MR) is 107 cm³/mol. The number of carbonyl (C=O) groups is 1. The van der Waals surface area contributed by atoms with E-state index in [1.54, 1.807) is 13.2 Å². The van der Waals surface area contributed by atoms with Crippen molar-refractivity contribution >= 4 is 44.3 Å². The Hall–Kier alpha value is -0.690. The quantitative estimate of drug-likeness (QED) is 0.216. The molecule has 0 rings (SSSR count). The Morgan fingerprint density at radius 3 is 2.08 bits per heavy atom. The van der Waals surface area contributed by atoms with Crippen molar-refractivity contribution in [3.05, 3.63) is 0 Å². The smallest absolute Gasteiger partial charge is 0.296 e. The molecule has 0 heterocycles. The lowest BCUT2D eigenvalue weighted by atomic mass is 10.3. The van der Waals surface area contributed by atoms with E-state index in [0.29, 0.717) is 39.0 Å². The zero-order valence-corrected chi connectivity index (χ0v) is 18.7. The van der Waals surface area contributed by atoms with Gasteiger partial charge in [-0.2, -0.15) is 12.7 Å². The summed E-state index contributed by atoms with van der Waals surface area (Å²) in [5.41, 5.74) is 0. The normalized spacial score (nSPS) is 13.9. The first-order valence-corrected chi connectivity index (χ1v) is 12.0. The van der Waals surface area contributed by atoms with Crippen molar-refractivity contribution in [2.75, 3.05) is 33.4 Å².